The molecule has 144 valence electrons. The van der Waals surface area contributed by atoms with Crippen molar-refractivity contribution in [3.63, 3.8) is 0 Å². The van der Waals surface area contributed by atoms with E-state index in [4.69, 9.17) is 4.74 Å². The lowest BCUT2D eigenvalue weighted by Crippen LogP contribution is -2.40. The van der Waals surface area contributed by atoms with Gasteiger partial charge < -0.3 is 15.0 Å². The Hall–Kier alpha value is -1.77. The van der Waals surface area contributed by atoms with Gasteiger partial charge in [-0.2, -0.15) is 5.10 Å². The Morgan fingerprint density at radius 2 is 1.96 bits per heavy atom. The summed E-state index contributed by atoms with van der Waals surface area (Å²) >= 11 is 0. The van der Waals surface area contributed by atoms with Crippen LogP contribution in [0.25, 0.3) is 0 Å². The highest BCUT2D eigenvalue weighted by atomic mass is 127. The molecule has 0 saturated heterocycles. The van der Waals surface area contributed by atoms with Crippen molar-refractivity contribution >= 4 is 29.9 Å². The number of likely N-dealkylation sites (N-methyl/N-ethyl adjacent to an activating group) is 1. The predicted octanol–water partition coefficient (Wildman–Crippen LogP) is 3.05. The van der Waals surface area contributed by atoms with Crippen molar-refractivity contribution < 1.29 is 4.74 Å². The van der Waals surface area contributed by atoms with Crippen molar-refractivity contribution in [3.8, 4) is 5.75 Å². The predicted molar refractivity (Wildman–Crippen MR) is 118 cm³/mol. The van der Waals surface area contributed by atoms with Crippen LogP contribution in [0.1, 0.15) is 22.5 Å². The molecule has 0 spiro atoms. The number of halogens is 1. The maximum atomic E-state index is 5.87. The summed E-state index contributed by atoms with van der Waals surface area (Å²) in [5, 5.41) is 7.86. The van der Waals surface area contributed by atoms with Crippen molar-refractivity contribution in [2.75, 3.05) is 27.2 Å². The zero-order valence-corrected chi connectivity index (χ0v) is 18.9. The van der Waals surface area contributed by atoms with Gasteiger partial charge >= 0.3 is 0 Å². The molecule has 1 aromatic carbocycles. The lowest BCUT2D eigenvalue weighted by Gasteiger charge is -2.22. The van der Waals surface area contributed by atoms with Gasteiger partial charge in [-0.1, -0.05) is 18.2 Å². The minimum absolute atomic E-state index is 0. The normalized spacial score (nSPS) is 11.1. The van der Waals surface area contributed by atoms with E-state index in [1.807, 2.05) is 43.9 Å². The molecule has 0 fully saturated rings. The molecular formula is C19H30IN5O. The van der Waals surface area contributed by atoms with E-state index in [-0.39, 0.29) is 24.0 Å². The number of hydrogen-bond acceptors (Lipinski definition) is 3. The number of rotatable bonds is 6. The van der Waals surface area contributed by atoms with Gasteiger partial charge in [-0.05, 0) is 32.4 Å². The van der Waals surface area contributed by atoms with Crippen molar-refractivity contribution in [1.82, 2.24) is 20.0 Å². The Bertz CT molecular complexity index is 742. The number of para-hydroxylation sites is 1. The molecule has 0 radical (unpaired) electrons. The molecule has 2 rings (SSSR count). The van der Waals surface area contributed by atoms with Crippen molar-refractivity contribution in [2.45, 2.75) is 27.3 Å². The molecule has 0 amide bonds. The monoisotopic (exact) mass is 471 g/mol. The van der Waals surface area contributed by atoms with Gasteiger partial charge in [0.05, 0.1) is 12.2 Å². The number of guanidine groups is 1. The van der Waals surface area contributed by atoms with Crippen LogP contribution < -0.4 is 10.1 Å². The highest BCUT2D eigenvalue weighted by Crippen LogP contribution is 2.16. The van der Waals surface area contributed by atoms with E-state index in [0.717, 1.165) is 29.5 Å². The first-order valence-electron chi connectivity index (χ1n) is 8.53. The second-order valence-corrected chi connectivity index (χ2v) is 6.21. The summed E-state index contributed by atoms with van der Waals surface area (Å²) in [6.45, 7) is 8.23. The van der Waals surface area contributed by atoms with Crippen LogP contribution in [0.4, 0.5) is 0 Å². The topological polar surface area (TPSA) is 54.7 Å². The van der Waals surface area contributed by atoms with Crippen LogP contribution in [0.15, 0.2) is 29.3 Å². The molecule has 0 bridgehead atoms. The number of nitrogens with one attached hydrogen (secondary N) is 1. The fraction of sp³-hybridized carbons (Fsp3) is 0.474. The fourth-order valence-electron chi connectivity index (χ4n) is 2.74. The number of aliphatic imine (C=N–C) groups is 1. The van der Waals surface area contributed by atoms with Gasteiger partial charge in [-0.15, -0.1) is 24.0 Å². The van der Waals surface area contributed by atoms with E-state index in [1.54, 1.807) is 7.05 Å². The average molecular weight is 471 g/mol. The average Bonchev–Trinajstić information content (AvgIpc) is 2.83. The Labute approximate surface area is 173 Å². The van der Waals surface area contributed by atoms with Crippen molar-refractivity contribution in [2.24, 2.45) is 12.0 Å². The van der Waals surface area contributed by atoms with Gasteiger partial charge in [0.25, 0.3) is 0 Å². The van der Waals surface area contributed by atoms with Crippen molar-refractivity contribution in [1.29, 1.82) is 0 Å². The second-order valence-electron chi connectivity index (χ2n) is 6.21. The Balaban J connectivity index is 0.00000338. The number of hydrogen-bond donors (Lipinski definition) is 1. The standard InChI is InChI=1S/C19H29N5O.HI/c1-14-9-7-8-10-18(14)25-12-11-23(5)19(20-4)21-13-17-15(2)22-24(6)16(17)3;/h7-10H,11-13H2,1-6H3,(H,20,21);1H. The minimum atomic E-state index is 0. The first kappa shape index (κ1) is 22.3. The first-order chi connectivity index (χ1) is 11.9. The third-order valence-corrected chi connectivity index (χ3v) is 4.43. The Kier molecular flexibility index (Phi) is 8.91. The van der Waals surface area contributed by atoms with E-state index in [9.17, 15) is 0 Å². The summed E-state index contributed by atoms with van der Waals surface area (Å²) in [5.74, 6) is 1.77. The second kappa shape index (κ2) is 10.4. The van der Waals surface area contributed by atoms with Gasteiger partial charge in [0, 0.05) is 38.9 Å². The molecule has 7 heteroatoms. The van der Waals surface area contributed by atoms with Crippen LogP contribution in [0.3, 0.4) is 0 Å². The van der Waals surface area contributed by atoms with E-state index < -0.39 is 0 Å². The summed E-state index contributed by atoms with van der Waals surface area (Å²) < 4.78 is 7.78. The largest absolute Gasteiger partial charge is 0.491 e. The fourth-order valence-corrected chi connectivity index (χ4v) is 2.74. The van der Waals surface area contributed by atoms with Gasteiger partial charge in [0.15, 0.2) is 5.96 Å². The summed E-state index contributed by atoms with van der Waals surface area (Å²) in [5.41, 5.74) is 4.59. The molecular weight excluding hydrogens is 441 g/mol. The zero-order chi connectivity index (χ0) is 18.4. The highest BCUT2D eigenvalue weighted by molar-refractivity contribution is 14.0. The number of nitrogens with zero attached hydrogens (tertiary/aromatic N) is 4. The van der Waals surface area contributed by atoms with Crippen LogP contribution in [0.2, 0.25) is 0 Å². The highest BCUT2D eigenvalue weighted by Gasteiger charge is 2.11. The maximum Gasteiger partial charge on any atom is 0.193 e. The molecule has 1 N–H and O–H groups in total. The molecule has 26 heavy (non-hydrogen) atoms. The van der Waals surface area contributed by atoms with Gasteiger partial charge in [-0.25, -0.2) is 0 Å². The lowest BCUT2D eigenvalue weighted by molar-refractivity contribution is 0.280. The van der Waals surface area contributed by atoms with Gasteiger partial charge in [0.2, 0.25) is 0 Å². The Morgan fingerprint density at radius 3 is 2.54 bits per heavy atom. The maximum absolute atomic E-state index is 5.87. The molecule has 0 aliphatic rings. The van der Waals surface area contributed by atoms with E-state index in [2.05, 4.69) is 40.2 Å². The van der Waals surface area contributed by atoms with Crippen LogP contribution in [0.5, 0.6) is 5.75 Å². The summed E-state index contributed by atoms with van der Waals surface area (Å²) in [4.78, 5) is 6.43. The van der Waals surface area contributed by atoms with Crippen LogP contribution in [-0.2, 0) is 13.6 Å². The quantitative estimate of drug-likeness (QED) is 0.400. The SMILES string of the molecule is CN=C(NCc1c(C)nn(C)c1C)N(C)CCOc1ccccc1C.I. The van der Waals surface area contributed by atoms with Crippen LogP contribution in [-0.4, -0.2) is 47.9 Å². The number of aryl methyl sites for hydroxylation is 3. The molecule has 0 aliphatic heterocycles. The molecule has 6 nitrogen and oxygen atoms in total. The minimum Gasteiger partial charge on any atom is -0.491 e. The van der Waals surface area contributed by atoms with Crippen LogP contribution >= 0.6 is 24.0 Å². The molecule has 0 unspecified atom stereocenters. The molecule has 0 aliphatic carbocycles. The van der Waals surface area contributed by atoms with Gasteiger partial charge in [0.1, 0.15) is 12.4 Å². The molecule has 1 aromatic heterocycles. The third-order valence-electron chi connectivity index (χ3n) is 4.43. The number of ether oxygens (including phenoxy) is 1. The zero-order valence-electron chi connectivity index (χ0n) is 16.5. The lowest BCUT2D eigenvalue weighted by atomic mass is 10.2. The molecule has 2 aromatic rings. The van der Waals surface area contributed by atoms with E-state index in [0.29, 0.717) is 13.2 Å². The van der Waals surface area contributed by atoms with Gasteiger partial charge in [-0.3, -0.25) is 9.67 Å². The van der Waals surface area contributed by atoms with E-state index >= 15 is 0 Å². The Morgan fingerprint density at radius 1 is 1.27 bits per heavy atom. The number of benzene rings is 1. The summed E-state index contributed by atoms with van der Waals surface area (Å²) in [6.07, 6.45) is 0. The van der Waals surface area contributed by atoms with E-state index in [1.165, 1.54) is 11.3 Å². The number of aromatic nitrogens is 2. The first-order valence-corrected chi connectivity index (χ1v) is 8.53. The summed E-state index contributed by atoms with van der Waals surface area (Å²) in [7, 11) is 5.78. The van der Waals surface area contributed by atoms with Crippen molar-refractivity contribution in [3.05, 3.63) is 46.8 Å². The van der Waals surface area contributed by atoms with Crippen LogP contribution in [0, 0.1) is 20.8 Å². The molecule has 0 saturated carbocycles. The third kappa shape index (κ3) is 5.62. The molecule has 0 atom stereocenters. The molecule has 1 heterocycles. The smallest absolute Gasteiger partial charge is 0.193 e. The summed E-state index contributed by atoms with van der Waals surface area (Å²) in [6, 6.07) is 8.06.